The fraction of sp³-hybridized carbons (Fsp3) is 0.0667. The third kappa shape index (κ3) is 5.56. The third-order valence-electron chi connectivity index (χ3n) is 2.80. The van der Waals surface area contributed by atoms with Crippen LogP contribution in [0.25, 0.3) is 0 Å². The average molecular weight is 443 g/mol. The number of non-ortho nitro benzene ring substituents is 1. The van der Waals surface area contributed by atoms with Gasteiger partial charge in [0.05, 0.1) is 20.0 Å². The Morgan fingerprint density at radius 2 is 1.72 bits per heavy atom. The summed E-state index contributed by atoms with van der Waals surface area (Å²) in [4.78, 5) is 10.2. The van der Waals surface area contributed by atoms with Gasteiger partial charge >= 0.3 is 0 Å². The van der Waals surface area contributed by atoms with Gasteiger partial charge in [-0.15, -0.1) is 0 Å². The molecule has 0 atom stereocenters. The van der Waals surface area contributed by atoms with Gasteiger partial charge in [-0.1, -0.05) is 58.0 Å². The Morgan fingerprint density at radius 3 is 2.24 bits per heavy atom. The van der Waals surface area contributed by atoms with Crippen LogP contribution in [0.3, 0.4) is 0 Å². The minimum Gasteiger partial charge on any atom is -0.489 e. The highest BCUT2D eigenvalue weighted by Gasteiger charge is 2.15. The lowest BCUT2D eigenvalue weighted by Crippen LogP contribution is -1.95. The average Bonchev–Trinajstić information content (AvgIpc) is 2.51. The summed E-state index contributed by atoms with van der Waals surface area (Å²) in [6.07, 6.45) is 1.45. The molecule has 2 aromatic rings. The second-order valence-electron chi connectivity index (χ2n) is 4.49. The number of rotatable bonds is 6. The highest BCUT2D eigenvalue weighted by molar-refractivity contribution is 6.55. The Balaban J connectivity index is 2.23. The molecule has 0 aliphatic heterocycles. The van der Waals surface area contributed by atoms with Gasteiger partial charge in [-0.05, 0) is 12.1 Å². The van der Waals surface area contributed by atoms with Crippen LogP contribution in [-0.4, -0.2) is 11.5 Å². The van der Waals surface area contributed by atoms with E-state index in [-0.39, 0.29) is 43.4 Å². The standard InChI is InChI=1S/C15H8Cl5NO4/c16-10-5-8(21(22)23)1-2-13(10)25-15-11(17)6-9(7-12(15)18)24-4-3-14(19)20/h1-3,5-7H,4H2. The predicted molar refractivity (Wildman–Crippen MR) is 99.9 cm³/mol. The monoisotopic (exact) mass is 441 g/mol. The number of hydrogen-bond donors (Lipinski definition) is 0. The van der Waals surface area contributed by atoms with Gasteiger partial charge in [0.15, 0.2) is 5.75 Å². The zero-order chi connectivity index (χ0) is 18.6. The van der Waals surface area contributed by atoms with Crippen molar-refractivity contribution in [2.75, 3.05) is 6.61 Å². The van der Waals surface area contributed by atoms with E-state index < -0.39 is 4.92 Å². The number of nitrogens with zero attached hydrogens (tertiary/aromatic N) is 1. The molecule has 0 aliphatic rings. The van der Waals surface area contributed by atoms with Crippen molar-refractivity contribution in [2.24, 2.45) is 0 Å². The fourth-order valence-corrected chi connectivity index (χ4v) is 2.60. The maximum atomic E-state index is 10.7. The van der Waals surface area contributed by atoms with Crippen LogP contribution in [0.15, 0.2) is 40.9 Å². The zero-order valence-electron chi connectivity index (χ0n) is 12.1. The van der Waals surface area contributed by atoms with Crippen LogP contribution in [0.5, 0.6) is 17.2 Å². The molecule has 0 bridgehead atoms. The molecule has 25 heavy (non-hydrogen) atoms. The molecule has 0 saturated heterocycles. The summed E-state index contributed by atoms with van der Waals surface area (Å²) >= 11 is 29.3. The summed E-state index contributed by atoms with van der Waals surface area (Å²) in [5, 5.41) is 11.1. The van der Waals surface area contributed by atoms with Gasteiger partial charge in [-0.2, -0.15) is 0 Å². The van der Waals surface area contributed by atoms with Gasteiger partial charge in [0, 0.05) is 24.3 Å². The van der Waals surface area contributed by atoms with Crippen molar-refractivity contribution in [3.05, 3.63) is 66.1 Å². The second kappa shape index (κ2) is 8.83. The molecule has 0 saturated carbocycles. The number of nitro groups is 1. The first-order valence-corrected chi connectivity index (χ1v) is 8.41. The summed E-state index contributed by atoms with van der Waals surface area (Å²) in [6.45, 7) is 0.128. The quantitative estimate of drug-likeness (QED) is 0.355. The van der Waals surface area contributed by atoms with Gasteiger partial charge in [-0.3, -0.25) is 10.1 Å². The molecule has 0 radical (unpaired) electrons. The molecule has 0 unspecified atom stereocenters. The third-order valence-corrected chi connectivity index (χ3v) is 3.96. The van der Waals surface area contributed by atoms with E-state index in [4.69, 9.17) is 67.5 Å². The van der Waals surface area contributed by atoms with Crippen molar-refractivity contribution in [1.29, 1.82) is 0 Å². The van der Waals surface area contributed by atoms with E-state index in [0.717, 1.165) is 0 Å². The van der Waals surface area contributed by atoms with Gasteiger partial charge < -0.3 is 9.47 Å². The first-order chi connectivity index (χ1) is 11.8. The van der Waals surface area contributed by atoms with Gasteiger partial charge in [0.25, 0.3) is 5.69 Å². The van der Waals surface area contributed by atoms with E-state index in [1.807, 2.05) is 0 Å². The van der Waals surface area contributed by atoms with Crippen LogP contribution in [0, 0.1) is 10.1 Å². The second-order valence-corrected chi connectivity index (χ2v) is 6.72. The first-order valence-electron chi connectivity index (χ1n) is 6.52. The SMILES string of the molecule is O=[N+]([O-])c1ccc(Oc2c(Cl)cc(OCC=C(Cl)Cl)cc2Cl)c(Cl)c1. The van der Waals surface area contributed by atoms with Gasteiger partial charge in [0.1, 0.15) is 22.6 Å². The summed E-state index contributed by atoms with van der Waals surface area (Å²) in [5.41, 5.74) is -0.163. The summed E-state index contributed by atoms with van der Waals surface area (Å²) in [5.74, 6) is 0.682. The lowest BCUT2D eigenvalue weighted by molar-refractivity contribution is -0.384. The van der Waals surface area contributed by atoms with Crippen molar-refractivity contribution in [3.8, 4) is 17.2 Å². The Labute approximate surface area is 167 Å². The molecule has 2 aromatic carbocycles. The highest BCUT2D eigenvalue weighted by Crippen LogP contribution is 2.41. The molecule has 0 aromatic heterocycles. The van der Waals surface area contributed by atoms with Crippen LogP contribution >= 0.6 is 58.0 Å². The summed E-state index contributed by atoms with van der Waals surface area (Å²) < 4.78 is 11.0. The molecule has 0 aliphatic carbocycles. The van der Waals surface area contributed by atoms with Crippen LogP contribution < -0.4 is 9.47 Å². The number of ether oxygens (including phenoxy) is 2. The zero-order valence-corrected chi connectivity index (χ0v) is 15.9. The Morgan fingerprint density at radius 1 is 1.08 bits per heavy atom. The first kappa shape index (κ1) is 19.9. The van der Waals surface area contributed by atoms with Crippen molar-refractivity contribution in [1.82, 2.24) is 0 Å². The molecule has 132 valence electrons. The number of halogens is 5. The summed E-state index contributed by atoms with van der Waals surface area (Å²) in [7, 11) is 0. The van der Waals surface area contributed by atoms with Crippen LogP contribution in [-0.2, 0) is 0 Å². The van der Waals surface area contributed by atoms with Crippen molar-refractivity contribution in [2.45, 2.75) is 0 Å². The van der Waals surface area contributed by atoms with Crippen LogP contribution in [0.4, 0.5) is 5.69 Å². The maximum Gasteiger partial charge on any atom is 0.271 e. The largest absolute Gasteiger partial charge is 0.489 e. The Kier molecular flexibility index (Phi) is 7.04. The lowest BCUT2D eigenvalue weighted by Gasteiger charge is -2.12. The van der Waals surface area contributed by atoms with E-state index in [1.165, 1.54) is 36.4 Å². The molecule has 0 heterocycles. The smallest absolute Gasteiger partial charge is 0.271 e. The summed E-state index contributed by atoms with van der Waals surface area (Å²) in [6, 6.07) is 6.74. The molecule has 0 spiro atoms. The van der Waals surface area contributed by atoms with E-state index in [1.54, 1.807) is 0 Å². The maximum absolute atomic E-state index is 10.7. The minimum atomic E-state index is -0.566. The molecular weight excluding hydrogens is 435 g/mol. The number of hydrogen-bond acceptors (Lipinski definition) is 4. The van der Waals surface area contributed by atoms with Crippen molar-refractivity contribution in [3.63, 3.8) is 0 Å². The molecule has 0 amide bonds. The molecule has 0 N–H and O–H groups in total. The Hall–Kier alpha value is -1.37. The normalized spacial score (nSPS) is 10.3. The van der Waals surface area contributed by atoms with Crippen molar-refractivity contribution >= 4 is 63.7 Å². The van der Waals surface area contributed by atoms with E-state index in [9.17, 15) is 10.1 Å². The van der Waals surface area contributed by atoms with E-state index >= 15 is 0 Å². The highest BCUT2D eigenvalue weighted by atomic mass is 35.5. The number of benzene rings is 2. The molecule has 10 heteroatoms. The van der Waals surface area contributed by atoms with Crippen LogP contribution in [0.2, 0.25) is 15.1 Å². The van der Waals surface area contributed by atoms with Gasteiger partial charge in [-0.25, -0.2) is 0 Å². The van der Waals surface area contributed by atoms with E-state index in [2.05, 4.69) is 0 Å². The topological polar surface area (TPSA) is 61.6 Å². The van der Waals surface area contributed by atoms with Crippen molar-refractivity contribution < 1.29 is 14.4 Å². The molecular formula is C15H8Cl5NO4. The Bertz CT molecular complexity index is 814. The molecule has 5 nitrogen and oxygen atoms in total. The molecule has 0 fully saturated rings. The minimum absolute atomic E-state index is 0.0450. The number of nitro benzene ring substituents is 1. The van der Waals surface area contributed by atoms with Crippen LogP contribution in [0.1, 0.15) is 0 Å². The molecule has 2 rings (SSSR count). The predicted octanol–water partition coefficient (Wildman–Crippen LogP) is 7.05. The fourth-order valence-electron chi connectivity index (χ4n) is 1.71. The lowest BCUT2D eigenvalue weighted by atomic mass is 10.3. The van der Waals surface area contributed by atoms with E-state index in [0.29, 0.717) is 5.75 Å². The van der Waals surface area contributed by atoms with Gasteiger partial charge in [0.2, 0.25) is 0 Å².